The molecule has 138 valence electrons. The van der Waals surface area contributed by atoms with Gasteiger partial charge < -0.3 is 29.7 Å². The van der Waals surface area contributed by atoms with Crippen LogP contribution < -0.4 is 34.3 Å². The van der Waals surface area contributed by atoms with Crippen molar-refractivity contribution < 1.29 is 33.3 Å². The Morgan fingerprint density at radius 3 is 1.92 bits per heavy atom. The van der Waals surface area contributed by atoms with Gasteiger partial charge in [-0.1, -0.05) is 71.1 Å². The van der Waals surface area contributed by atoms with Gasteiger partial charge >= 0.3 is 0 Å². The van der Waals surface area contributed by atoms with Crippen molar-refractivity contribution in [1.29, 1.82) is 0 Å². The number of primary amides is 1. The molecule has 0 radical (unpaired) electrons. The van der Waals surface area contributed by atoms with Crippen LogP contribution >= 0.6 is 0 Å². The molecule has 0 spiro atoms. The summed E-state index contributed by atoms with van der Waals surface area (Å²) in [5.74, 6) is -0.353. The minimum absolute atomic E-state index is 0. The van der Waals surface area contributed by atoms with E-state index in [1.54, 1.807) is 6.07 Å². The topological polar surface area (TPSA) is 47.0 Å². The molecule has 2 N–H and O–H groups in total. The van der Waals surface area contributed by atoms with Crippen molar-refractivity contribution in [2.45, 2.75) is 90.5 Å². The third kappa shape index (κ3) is 11.8. The molecule has 1 rings (SSSR count). The van der Waals surface area contributed by atoms with Crippen LogP contribution in [0.15, 0.2) is 24.5 Å². The Hall–Kier alpha value is -0.650. The number of amides is 1. The highest BCUT2D eigenvalue weighted by molar-refractivity contribution is 5.92. The number of unbranched alkanes of at least 4 members (excludes halogenated alkanes) is 11. The predicted molar refractivity (Wildman–Crippen MR) is 96.2 cm³/mol. The van der Waals surface area contributed by atoms with Crippen LogP contribution in [0.25, 0.3) is 0 Å². The summed E-state index contributed by atoms with van der Waals surface area (Å²) >= 11 is 0. The molecule has 1 aromatic rings. The molecule has 0 aliphatic rings. The highest BCUT2D eigenvalue weighted by atomic mass is 127. The highest BCUT2D eigenvalue weighted by Crippen LogP contribution is 2.11. The maximum Gasteiger partial charge on any atom is 0.254 e. The lowest BCUT2D eigenvalue weighted by molar-refractivity contribution is -0.697. The van der Waals surface area contributed by atoms with E-state index >= 15 is 0 Å². The molecule has 0 saturated heterocycles. The number of halogens is 1. The molecule has 24 heavy (non-hydrogen) atoms. The molecular weight excluding hydrogens is 411 g/mol. The summed E-state index contributed by atoms with van der Waals surface area (Å²) in [6, 6.07) is 3.65. The van der Waals surface area contributed by atoms with E-state index < -0.39 is 0 Å². The van der Waals surface area contributed by atoms with Crippen LogP contribution in [0.5, 0.6) is 0 Å². The highest BCUT2D eigenvalue weighted by Gasteiger charge is 2.06. The van der Waals surface area contributed by atoms with Crippen LogP contribution in [-0.4, -0.2) is 5.91 Å². The quantitative estimate of drug-likeness (QED) is 0.264. The van der Waals surface area contributed by atoms with Crippen molar-refractivity contribution in [1.82, 2.24) is 0 Å². The molecule has 0 aliphatic carbocycles. The van der Waals surface area contributed by atoms with Gasteiger partial charge in [-0.05, 0) is 12.5 Å². The third-order valence-electron chi connectivity index (χ3n) is 4.41. The van der Waals surface area contributed by atoms with E-state index in [9.17, 15) is 4.79 Å². The maximum atomic E-state index is 11.1. The van der Waals surface area contributed by atoms with E-state index in [4.69, 9.17) is 5.73 Å². The summed E-state index contributed by atoms with van der Waals surface area (Å²) < 4.78 is 2.07. The van der Waals surface area contributed by atoms with Gasteiger partial charge in [0.05, 0.1) is 0 Å². The zero-order chi connectivity index (χ0) is 16.8. The van der Waals surface area contributed by atoms with Gasteiger partial charge in [0, 0.05) is 12.5 Å². The average molecular weight is 446 g/mol. The van der Waals surface area contributed by atoms with Crippen LogP contribution in [0.4, 0.5) is 0 Å². The lowest BCUT2D eigenvalue weighted by atomic mass is 10.1. The molecule has 0 fully saturated rings. The molecule has 1 heterocycles. The lowest BCUT2D eigenvalue weighted by Gasteiger charge is -2.02. The number of hydrogen-bond acceptors (Lipinski definition) is 1. The predicted octanol–water partition coefficient (Wildman–Crippen LogP) is 1.78. The van der Waals surface area contributed by atoms with Crippen LogP contribution in [-0.2, 0) is 6.54 Å². The van der Waals surface area contributed by atoms with Crippen LogP contribution in [0.2, 0.25) is 0 Å². The molecule has 1 amide bonds. The molecule has 0 atom stereocenters. The lowest BCUT2D eigenvalue weighted by Crippen LogP contribution is -3.00. The number of aromatic nitrogens is 1. The zero-order valence-electron chi connectivity index (χ0n) is 15.3. The molecule has 0 aliphatic heterocycles. The average Bonchev–Trinajstić information content (AvgIpc) is 2.56. The summed E-state index contributed by atoms with van der Waals surface area (Å²) in [7, 11) is 0. The smallest absolute Gasteiger partial charge is 0.254 e. The molecule has 3 nitrogen and oxygen atoms in total. The minimum Gasteiger partial charge on any atom is -1.00 e. The van der Waals surface area contributed by atoms with E-state index in [2.05, 4.69) is 11.5 Å². The van der Waals surface area contributed by atoms with Gasteiger partial charge in [-0.25, -0.2) is 4.57 Å². The Balaban J connectivity index is 0.00000529. The van der Waals surface area contributed by atoms with E-state index in [1.807, 2.05) is 18.5 Å². The number of nitrogens with two attached hydrogens (primary N) is 1. The minimum atomic E-state index is -0.353. The first-order valence-corrected chi connectivity index (χ1v) is 9.53. The van der Waals surface area contributed by atoms with Gasteiger partial charge in [0.15, 0.2) is 12.4 Å². The molecule has 1 aromatic heterocycles. The Labute approximate surface area is 165 Å². The fourth-order valence-electron chi connectivity index (χ4n) is 2.94. The Morgan fingerprint density at radius 1 is 0.917 bits per heavy atom. The van der Waals surface area contributed by atoms with Gasteiger partial charge in [-0.2, -0.15) is 0 Å². The van der Waals surface area contributed by atoms with Gasteiger partial charge in [-0.3, -0.25) is 4.79 Å². The van der Waals surface area contributed by atoms with E-state index in [-0.39, 0.29) is 29.9 Å². The molecule has 0 saturated carbocycles. The number of carbonyl (C=O) groups is 1. The van der Waals surface area contributed by atoms with Crippen molar-refractivity contribution in [2.24, 2.45) is 5.73 Å². The number of hydrogen-bond donors (Lipinski definition) is 1. The van der Waals surface area contributed by atoms with E-state index in [1.165, 1.54) is 77.0 Å². The van der Waals surface area contributed by atoms with Crippen molar-refractivity contribution in [3.63, 3.8) is 0 Å². The number of pyridine rings is 1. The first-order chi connectivity index (χ1) is 11.2. The molecular formula is C20H35IN2O. The number of aryl methyl sites for hydroxylation is 1. The van der Waals surface area contributed by atoms with Gasteiger partial charge in [0.25, 0.3) is 5.91 Å². The molecule has 0 bridgehead atoms. The fourth-order valence-corrected chi connectivity index (χ4v) is 2.94. The molecule has 0 unspecified atom stereocenters. The summed E-state index contributed by atoms with van der Waals surface area (Å²) in [5.41, 5.74) is 5.89. The second-order valence-corrected chi connectivity index (χ2v) is 6.58. The van der Waals surface area contributed by atoms with E-state index in [0.717, 1.165) is 6.54 Å². The zero-order valence-corrected chi connectivity index (χ0v) is 17.5. The Bertz CT molecular complexity index is 437. The SMILES string of the molecule is CCCCCCCCCCCCCC[n+]1cccc(C(N)=O)c1.[I-]. The standard InChI is InChI=1S/C20H34N2O.HI/c1-2-3-4-5-6-7-8-9-10-11-12-13-16-22-17-14-15-19(18-22)20(21)23;/h14-15,17-18H,2-13,16H2,1H3,(H-,21,23);1H. The monoisotopic (exact) mass is 446 g/mol. The summed E-state index contributed by atoms with van der Waals surface area (Å²) in [6.45, 7) is 3.24. The van der Waals surface area contributed by atoms with Gasteiger partial charge in [-0.15, -0.1) is 0 Å². The summed E-state index contributed by atoms with van der Waals surface area (Å²) in [5, 5.41) is 0. The first-order valence-electron chi connectivity index (χ1n) is 9.53. The normalized spacial score (nSPS) is 10.4. The first kappa shape index (κ1) is 23.4. The maximum absolute atomic E-state index is 11.1. The number of rotatable bonds is 14. The van der Waals surface area contributed by atoms with Crippen molar-refractivity contribution in [3.8, 4) is 0 Å². The van der Waals surface area contributed by atoms with Gasteiger partial charge in [0.2, 0.25) is 0 Å². The summed E-state index contributed by atoms with van der Waals surface area (Å²) in [6.07, 6.45) is 20.2. The number of carbonyl (C=O) groups excluding carboxylic acids is 1. The molecule has 4 heteroatoms. The van der Waals surface area contributed by atoms with Crippen molar-refractivity contribution in [3.05, 3.63) is 30.1 Å². The second kappa shape index (κ2) is 15.9. The van der Waals surface area contributed by atoms with Crippen LogP contribution in [0.1, 0.15) is 94.3 Å². The second-order valence-electron chi connectivity index (χ2n) is 6.58. The Morgan fingerprint density at radius 2 is 1.42 bits per heavy atom. The summed E-state index contributed by atoms with van der Waals surface area (Å²) in [4.78, 5) is 11.1. The fraction of sp³-hybridized carbons (Fsp3) is 0.700. The largest absolute Gasteiger partial charge is 1.00 e. The third-order valence-corrected chi connectivity index (χ3v) is 4.41. The van der Waals surface area contributed by atoms with Gasteiger partial charge in [0.1, 0.15) is 12.1 Å². The van der Waals surface area contributed by atoms with Crippen molar-refractivity contribution in [2.75, 3.05) is 0 Å². The van der Waals surface area contributed by atoms with Crippen molar-refractivity contribution >= 4 is 5.91 Å². The van der Waals surface area contributed by atoms with Crippen LogP contribution in [0, 0.1) is 0 Å². The Kier molecular flexibility index (Phi) is 15.4. The number of nitrogens with zero attached hydrogens (tertiary/aromatic N) is 1. The van der Waals surface area contributed by atoms with Crippen LogP contribution in [0.3, 0.4) is 0 Å². The molecule has 0 aromatic carbocycles. The van der Waals surface area contributed by atoms with E-state index in [0.29, 0.717) is 5.56 Å².